The van der Waals surface area contributed by atoms with Crippen molar-refractivity contribution in [2.24, 2.45) is 5.73 Å². The van der Waals surface area contributed by atoms with Crippen LogP contribution in [0, 0.1) is 0 Å². The van der Waals surface area contributed by atoms with Gasteiger partial charge in [-0.25, -0.2) is 0 Å². The van der Waals surface area contributed by atoms with Crippen LogP contribution in [0.15, 0.2) is 12.1 Å². The van der Waals surface area contributed by atoms with Crippen LogP contribution in [0.25, 0.3) is 0 Å². The maximum absolute atomic E-state index is 11.4. The Labute approximate surface area is 111 Å². The predicted octanol–water partition coefficient (Wildman–Crippen LogP) is 1.86. The van der Waals surface area contributed by atoms with Crippen molar-refractivity contribution in [1.82, 2.24) is 0 Å². The van der Waals surface area contributed by atoms with Gasteiger partial charge in [0.25, 0.3) is 5.91 Å². The molecule has 0 aromatic heterocycles. The highest BCUT2D eigenvalue weighted by Crippen LogP contribution is 2.29. The van der Waals surface area contributed by atoms with Crippen LogP contribution < -0.4 is 16.8 Å². The molecular formula is C12H18ClN3O2. The van der Waals surface area contributed by atoms with Gasteiger partial charge in [0, 0.05) is 18.8 Å². The van der Waals surface area contributed by atoms with Gasteiger partial charge in [-0.3, -0.25) is 4.79 Å². The average molecular weight is 272 g/mol. The Balaban J connectivity index is 3.10. The van der Waals surface area contributed by atoms with Crippen LogP contribution in [-0.4, -0.2) is 25.7 Å². The third-order valence-electron chi connectivity index (χ3n) is 2.59. The second-order valence-electron chi connectivity index (χ2n) is 3.99. The minimum Gasteiger partial charge on any atom is -0.399 e. The topological polar surface area (TPSA) is 90.4 Å². The molecule has 0 spiro atoms. The fourth-order valence-corrected chi connectivity index (χ4v) is 1.92. The molecule has 100 valence electrons. The fourth-order valence-electron chi connectivity index (χ4n) is 1.64. The Kier molecular flexibility index (Phi) is 5.25. The third kappa shape index (κ3) is 3.51. The van der Waals surface area contributed by atoms with Gasteiger partial charge in [-0.1, -0.05) is 18.5 Å². The van der Waals surface area contributed by atoms with Crippen LogP contribution in [0.5, 0.6) is 0 Å². The first-order valence-electron chi connectivity index (χ1n) is 5.63. The number of carbonyl (C=O) groups is 1. The Morgan fingerprint density at radius 1 is 1.56 bits per heavy atom. The van der Waals surface area contributed by atoms with Gasteiger partial charge >= 0.3 is 0 Å². The first kappa shape index (κ1) is 14.6. The molecule has 1 rings (SSSR count). The Morgan fingerprint density at radius 3 is 2.72 bits per heavy atom. The van der Waals surface area contributed by atoms with E-state index in [0.29, 0.717) is 23.0 Å². The molecule has 0 bridgehead atoms. The highest BCUT2D eigenvalue weighted by Gasteiger charge is 2.16. The average Bonchev–Trinajstić information content (AvgIpc) is 2.30. The van der Waals surface area contributed by atoms with Gasteiger partial charge in [0.1, 0.15) is 0 Å². The summed E-state index contributed by atoms with van der Waals surface area (Å²) in [7, 11) is 1.62. The number of nitrogen functional groups attached to an aromatic ring is 1. The molecule has 1 amide bonds. The lowest BCUT2D eigenvalue weighted by molar-refractivity contribution is 0.100. The van der Waals surface area contributed by atoms with E-state index in [0.717, 1.165) is 6.42 Å². The summed E-state index contributed by atoms with van der Waals surface area (Å²) >= 11 is 6.09. The van der Waals surface area contributed by atoms with E-state index in [2.05, 4.69) is 5.32 Å². The monoisotopic (exact) mass is 271 g/mol. The maximum atomic E-state index is 11.4. The predicted molar refractivity (Wildman–Crippen MR) is 74.0 cm³/mol. The number of methoxy groups -OCH3 is 1. The molecule has 1 unspecified atom stereocenters. The number of rotatable bonds is 6. The Hall–Kier alpha value is -1.46. The van der Waals surface area contributed by atoms with E-state index < -0.39 is 5.91 Å². The molecule has 0 saturated carbocycles. The minimum absolute atomic E-state index is 0.0502. The summed E-state index contributed by atoms with van der Waals surface area (Å²) in [5.74, 6) is -0.570. The van der Waals surface area contributed by atoms with Gasteiger partial charge < -0.3 is 21.5 Å². The Morgan fingerprint density at radius 2 is 2.22 bits per heavy atom. The molecule has 5 N–H and O–H groups in total. The number of amides is 1. The number of ether oxygens (including phenoxy) is 1. The molecule has 1 aromatic rings. The van der Waals surface area contributed by atoms with Gasteiger partial charge in [0.15, 0.2) is 0 Å². The second-order valence-corrected chi connectivity index (χ2v) is 4.40. The smallest absolute Gasteiger partial charge is 0.250 e. The van der Waals surface area contributed by atoms with E-state index in [-0.39, 0.29) is 11.6 Å². The first-order chi connectivity index (χ1) is 8.49. The van der Waals surface area contributed by atoms with Crippen LogP contribution in [0.1, 0.15) is 23.7 Å². The van der Waals surface area contributed by atoms with E-state index in [1.54, 1.807) is 13.2 Å². The fraction of sp³-hybridized carbons (Fsp3) is 0.417. The molecule has 1 aromatic carbocycles. The van der Waals surface area contributed by atoms with Crippen molar-refractivity contribution in [1.29, 1.82) is 0 Å². The third-order valence-corrected chi connectivity index (χ3v) is 2.89. The number of benzene rings is 1. The highest BCUT2D eigenvalue weighted by molar-refractivity contribution is 6.34. The largest absolute Gasteiger partial charge is 0.399 e. The van der Waals surface area contributed by atoms with Crippen molar-refractivity contribution < 1.29 is 9.53 Å². The van der Waals surface area contributed by atoms with Crippen LogP contribution >= 0.6 is 11.6 Å². The normalized spacial score (nSPS) is 12.2. The molecule has 0 aliphatic heterocycles. The molecule has 6 heteroatoms. The summed E-state index contributed by atoms with van der Waals surface area (Å²) < 4.78 is 5.08. The summed E-state index contributed by atoms with van der Waals surface area (Å²) in [6.07, 6.45) is 0.826. The van der Waals surface area contributed by atoms with Crippen LogP contribution in [0.3, 0.4) is 0 Å². The number of anilines is 2. The summed E-state index contributed by atoms with van der Waals surface area (Å²) in [5.41, 5.74) is 12.2. The summed E-state index contributed by atoms with van der Waals surface area (Å²) in [6.45, 7) is 2.52. The number of nitrogens with two attached hydrogens (primary N) is 2. The molecule has 0 aliphatic rings. The number of primary amides is 1. The van der Waals surface area contributed by atoms with Crippen molar-refractivity contribution in [3.63, 3.8) is 0 Å². The van der Waals surface area contributed by atoms with Crippen LogP contribution in [0.2, 0.25) is 5.02 Å². The van der Waals surface area contributed by atoms with E-state index in [1.807, 2.05) is 6.92 Å². The lowest BCUT2D eigenvalue weighted by atomic mass is 10.1. The standard InChI is InChI=1S/C12H18ClN3O2/c1-3-8(6-18-2)16-11-9(12(15)17)4-7(14)5-10(11)13/h4-5,8,16H,3,6,14H2,1-2H3,(H2,15,17). The van der Waals surface area contributed by atoms with Crippen molar-refractivity contribution in [3.8, 4) is 0 Å². The van der Waals surface area contributed by atoms with E-state index >= 15 is 0 Å². The van der Waals surface area contributed by atoms with E-state index in [4.69, 9.17) is 27.8 Å². The molecule has 0 radical (unpaired) electrons. The summed E-state index contributed by atoms with van der Waals surface area (Å²) in [5, 5.41) is 3.54. The molecule has 0 heterocycles. The van der Waals surface area contributed by atoms with Gasteiger partial charge in [0.05, 0.1) is 22.9 Å². The summed E-state index contributed by atoms with van der Waals surface area (Å²) in [4.78, 5) is 11.4. The number of nitrogens with one attached hydrogen (secondary N) is 1. The van der Waals surface area contributed by atoms with Gasteiger partial charge in [-0.05, 0) is 18.6 Å². The van der Waals surface area contributed by atoms with Gasteiger partial charge in [0.2, 0.25) is 0 Å². The zero-order chi connectivity index (χ0) is 13.7. The maximum Gasteiger partial charge on any atom is 0.250 e. The van der Waals surface area contributed by atoms with E-state index in [1.165, 1.54) is 6.07 Å². The van der Waals surface area contributed by atoms with E-state index in [9.17, 15) is 4.79 Å². The zero-order valence-corrected chi connectivity index (χ0v) is 11.3. The van der Waals surface area contributed by atoms with Gasteiger partial charge in [-0.2, -0.15) is 0 Å². The van der Waals surface area contributed by atoms with Crippen molar-refractivity contribution in [2.45, 2.75) is 19.4 Å². The van der Waals surface area contributed by atoms with Crippen LogP contribution in [0.4, 0.5) is 11.4 Å². The molecule has 18 heavy (non-hydrogen) atoms. The molecule has 0 saturated heterocycles. The van der Waals surface area contributed by atoms with Crippen LogP contribution in [-0.2, 0) is 4.74 Å². The number of halogens is 1. The molecule has 0 fully saturated rings. The quantitative estimate of drug-likeness (QED) is 0.689. The number of hydrogen-bond donors (Lipinski definition) is 3. The Bertz CT molecular complexity index is 438. The van der Waals surface area contributed by atoms with Gasteiger partial charge in [-0.15, -0.1) is 0 Å². The molecule has 5 nitrogen and oxygen atoms in total. The number of carbonyl (C=O) groups excluding carboxylic acids is 1. The summed E-state index contributed by atoms with van der Waals surface area (Å²) in [6, 6.07) is 3.14. The molecular weight excluding hydrogens is 254 g/mol. The highest BCUT2D eigenvalue weighted by atomic mass is 35.5. The lowest BCUT2D eigenvalue weighted by Gasteiger charge is -2.20. The lowest BCUT2D eigenvalue weighted by Crippen LogP contribution is -2.26. The van der Waals surface area contributed by atoms with Crippen molar-refractivity contribution in [2.75, 3.05) is 24.8 Å². The zero-order valence-electron chi connectivity index (χ0n) is 10.5. The SMILES string of the molecule is CCC(COC)Nc1c(Cl)cc(N)cc1C(N)=O. The molecule has 1 atom stereocenters. The van der Waals surface area contributed by atoms with Crippen molar-refractivity contribution in [3.05, 3.63) is 22.7 Å². The molecule has 0 aliphatic carbocycles. The second kappa shape index (κ2) is 6.47. The number of hydrogen-bond acceptors (Lipinski definition) is 4. The first-order valence-corrected chi connectivity index (χ1v) is 6.01. The van der Waals surface area contributed by atoms with Crippen molar-refractivity contribution >= 4 is 28.9 Å². The minimum atomic E-state index is -0.570.